The van der Waals surface area contributed by atoms with Gasteiger partial charge in [0.2, 0.25) is 0 Å². The molecule has 0 spiro atoms. The van der Waals surface area contributed by atoms with Crippen molar-refractivity contribution in [3.63, 3.8) is 0 Å². The highest BCUT2D eigenvalue weighted by Gasteiger charge is 2.04. The Kier molecular flexibility index (Phi) is 5.65. The molecular formula is C9H15BrN2. The van der Waals surface area contributed by atoms with Crippen LogP contribution in [0.1, 0.15) is 13.3 Å². The minimum atomic E-state index is 0. The maximum absolute atomic E-state index is 3.10. The number of hydrogen-bond acceptors (Lipinski definition) is 2. The lowest BCUT2D eigenvalue weighted by Gasteiger charge is -2.14. The summed E-state index contributed by atoms with van der Waals surface area (Å²) >= 11 is 0. The molecule has 1 rings (SSSR count). The maximum atomic E-state index is 3.10. The molecule has 0 aromatic heterocycles. The van der Waals surface area contributed by atoms with E-state index in [0.29, 0.717) is 0 Å². The molecule has 12 heavy (non-hydrogen) atoms. The minimum absolute atomic E-state index is 0. The molecule has 2 nitrogen and oxygen atoms in total. The molecule has 0 saturated heterocycles. The smallest absolute Gasteiger partial charge is 0.0899 e. The van der Waals surface area contributed by atoms with Gasteiger partial charge < -0.3 is 9.80 Å². The number of halogens is 1. The van der Waals surface area contributed by atoms with Crippen LogP contribution in [0.5, 0.6) is 0 Å². The van der Waals surface area contributed by atoms with Crippen molar-refractivity contribution in [2.45, 2.75) is 13.3 Å². The van der Waals surface area contributed by atoms with Gasteiger partial charge in [0, 0.05) is 25.9 Å². The van der Waals surface area contributed by atoms with Crippen LogP contribution in [0.3, 0.4) is 0 Å². The van der Waals surface area contributed by atoms with E-state index >= 15 is 0 Å². The first-order valence-corrected chi connectivity index (χ1v) is 3.91. The number of rotatable bonds is 1. The summed E-state index contributed by atoms with van der Waals surface area (Å²) in [5, 5.41) is 0. The van der Waals surface area contributed by atoms with E-state index in [4.69, 9.17) is 0 Å². The third-order valence-electron chi connectivity index (χ3n) is 1.52. The monoisotopic (exact) mass is 230 g/mol. The summed E-state index contributed by atoms with van der Waals surface area (Å²) < 4.78 is 0. The van der Waals surface area contributed by atoms with Gasteiger partial charge >= 0.3 is 0 Å². The first kappa shape index (κ1) is 11.4. The van der Waals surface area contributed by atoms with Crippen LogP contribution in [0, 0.1) is 11.8 Å². The second-order valence-corrected chi connectivity index (χ2v) is 2.65. The zero-order valence-electron chi connectivity index (χ0n) is 7.58. The lowest BCUT2D eigenvalue weighted by Crippen LogP contribution is -2.22. The topological polar surface area (TPSA) is 6.48 Å². The summed E-state index contributed by atoms with van der Waals surface area (Å²) in [5.41, 5.74) is 0. The van der Waals surface area contributed by atoms with E-state index in [2.05, 4.69) is 48.0 Å². The van der Waals surface area contributed by atoms with Gasteiger partial charge in [0.25, 0.3) is 0 Å². The summed E-state index contributed by atoms with van der Waals surface area (Å²) in [7, 11) is 2.06. The first-order valence-electron chi connectivity index (χ1n) is 3.91. The fraction of sp³-hybridized carbons (Fsp3) is 0.556. The van der Waals surface area contributed by atoms with Crippen molar-refractivity contribution in [1.82, 2.24) is 9.80 Å². The highest BCUT2D eigenvalue weighted by atomic mass is 79.9. The molecule has 0 aromatic carbocycles. The standard InChI is InChI=1S/C9H14N2.BrH/c1-3-4-5-6-11-8-7-10(2)9-11;/h7-8H,3,6,9H2,1-2H3;1H. The van der Waals surface area contributed by atoms with Gasteiger partial charge in [0.05, 0.1) is 13.2 Å². The Labute approximate surface area is 85.0 Å². The number of hydrogen-bond donors (Lipinski definition) is 0. The van der Waals surface area contributed by atoms with E-state index in [1.165, 1.54) is 0 Å². The van der Waals surface area contributed by atoms with Crippen molar-refractivity contribution in [3.05, 3.63) is 12.4 Å². The van der Waals surface area contributed by atoms with Gasteiger partial charge in [-0.15, -0.1) is 22.9 Å². The zero-order valence-corrected chi connectivity index (χ0v) is 9.29. The highest BCUT2D eigenvalue weighted by molar-refractivity contribution is 8.93. The maximum Gasteiger partial charge on any atom is 0.0899 e. The average molecular weight is 231 g/mol. The molecule has 68 valence electrons. The van der Waals surface area contributed by atoms with Crippen LogP contribution in [0.2, 0.25) is 0 Å². The molecule has 0 fully saturated rings. The summed E-state index contributed by atoms with van der Waals surface area (Å²) in [6, 6.07) is 0. The van der Waals surface area contributed by atoms with Gasteiger partial charge in [-0.25, -0.2) is 0 Å². The van der Waals surface area contributed by atoms with E-state index in [0.717, 1.165) is 19.6 Å². The van der Waals surface area contributed by atoms with Crippen molar-refractivity contribution >= 4 is 17.0 Å². The van der Waals surface area contributed by atoms with Crippen LogP contribution in [0.4, 0.5) is 0 Å². The van der Waals surface area contributed by atoms with Gasteiger partial charge in [0.15, 0.2) is 0 Å². The first-order chi connectivity index (χ1) is 5.33. The predicted octanol–water partition coefficient (Wildman–Crippen LogP) is 1.65. The molecule has 1 aliphatic heterocycles. The summed E-state index contributed by atoms with van der Waals surface area (Å²) in [6.07, 6.45) is 5.09. The molecule has 0 saturated carbocycles. The average Bonchev–Trinajstić information content (AvgIpc) is 2.37. The molecule has 0 aliphatic carbocycles. The van der Waals surface area contributed by atoms with Crippen molar-refractivity contribution in [2.24, 2.45) is 0 Å². The third kappa shape index (κ3) is 3.68. The van der Waals surface area contributed by atoms with E-state index in [9.17, 15) is 0 Å². The Morgan fingerprint density at radius 1 is 1.33 bits per heavy atom. The SMILES string of the molecule is Br.CCC#CCN1C=CN(C)C1. The summed E-state index contributed by atoms with van der Waals surface area (Å²) in [5.74, 6) is 6.14. The lowest BCUT2D eigenvalue weighted by molar-refractivity contribution is 0.321. The summed E-state index contributed by atoms with van der Waals surface area (Å²) in [4.78, 5) is 4.32. The number of nitrogens with zero attached hydrogens (tertiary/aromatic N) is 2. The van der Waals surface area contributed by atoms with Crippen LogP contribution in [0.15, 0.2) is 12.4 Å². The van der Waals surface area contributed by atoms with Gasteiger partial charge in [-0.3, -0.25) is 0 Å². The Morgan fingerprint density at radius 2 is 2.08 bits per heavy atom. The van der Waals surface area contributed by atoms with Crippen LogP contribution < -0.4 is 0 Å². The van der Waals surface area contributed by atoms with Crippen molar-refractivity contribution in [1.29, 1.82) is 0 Å². The second-order valence-electron chi connectivity index (χ2n) is 2.65. The lowest BCUT2D eigenvalue weighted by atomic mass is 10.4. The summed E-state index contributed by atoms with van der Waals surface area (Å²) in [6.45, 7) is 3.89. The van der Waals surface area contributed by atoms with E-state index < -0.39 is 0 Å². The molecular weight excluding hydrogens is 216 g/mol. The third-order valence-corrected chi connectivity index (χ3v) is 1.52. The van der Waals surface area contributed by atoms with Crippen LogP contribution >= 0.6 is 17.0 Å². The highest BCUT2D eigenvalue weighted by Crippen LogP contribution is 2.01. The fourth-order valence-electron chi connectivity index (χ4n) is 0.974. The van der Waals surface area contributed by atoms with Crippen LogP contribution in [-0.4, -0.2) is 30.1 Å². The Morgan fingerprint density at radius 3 is 2.58 bits per heavy atom. The van der Waals surface area contributed by atoms with Crippen LogP contribution in [0.25, 0.3) is 0 Å². The predicted molar refractivity (Wildman–Crippen MR) is 56.9 cm³/mol. The van der Waals surface area contributed by atoms with E-state index in [1.807, 2.05) is 0 Å². The van der Waals surface area contributed by atoms with Crippen molar-refractivity contribution in [3.8, 4) is 11.8 Å². The van der Waals surface area contributed by atoms with Crippen molar-refractivity contribution in [2.75, 3.05) is 20.3 Å². The Balaban J connectivity index is 0.00000121. The Bertz CT molecular complexity index is 202. The molecule has 0 atom stereocenters. The van der Waals surface area contributed by atoms with E-state index in [-0.39, 0.29) is 17.0 Å². The quantitative estimate of drug-likeness (QED) is 0.633. The van der Waals surface area contributed by atoms with Gasteiger partial charge in [0.1, 0.15) is 0 Å². The molecule has 1 heterocycles. The fourth-order valence-corrected chi connectivity index (χ4v) is 0.974. The zero-order chi connectivity index (χ0) is 8.10. The molecule has 0 aromatic rings. The molecule has 0 radical (unpaired) electrons. The van der Waals surface area contributed by atoms with Crippen molar-refractivity contribution < 1.29 is 0 Å². The normalized spacial score (nSPS) is 13.8. The molecule has 1 aliphatic rings. The van der Waals surface area contributed by atoms with Gasteiger partial charge in [-0.1, -0.05) is 12.8 Å². The van der Waals surface area contributed by atoms with E-state index in [1.54, 1.807) is 0 Å². The van der Waals surface area contributed by atoms with Gasteiger partial charge in [-0.2, -0.15) is 0 Å². The van der Waals surface area contributed by atoms with Gasteiger partial charge in [-0.05, 0) is 0 Å². The Hall–Kier alpha value is -0.620. The molecule has 0 bridgehead atoms. The molecule has 0 amide bonds. The molecule has 0 unspecified atom stereocenters. The molecule has 3 heteroatoms. The largest absolute Gasteiger partial charge is 0.362 e. The van der Waals surface area contributed by atoms with Crippen LogP contribution in [-0.2, 0) is 0 Å². The molecule has 0 N–H and O–H groups in total. The second kappa shape index (κ2) is 5.96. The minimum Gasteiger partial charge on any atom is -0.362 e.